The molecule has 0 saturated heterocycles. The number of halogens is 2. The molecule has 0 aliphatic carbocycles. The van der Waals surface area contributed by atoms with Crippen LogP contribution >= 0.6 is 35.0 Å². The van der Waals surface area contributed by atoms with Crippen LogP contribution in [0.2, 0.25) is 10.0 Å². The van der Waals surface area contributed by atoms with E-state index < -0.39 is 0 Å². The van der Waals surface area contributed by atoms with Crippen LogP contribution in [0.1, 0.15) is 17.3 Å². The first-order valence-corrected chi connectivity index (χ1v) is 7.54. The summed E-state index contributed by atoms with van der Waals surface area (Å²) in [5.41, 5.74) is 6.48. The van der Waals surface area contributed by atoms with Crippen molar-refractivity contribution in [1.29, 1.82) is 0 Å². The van der Waals surface area contributed by atoms with E-state index in [0.29, 0.717) is 16.3 Å². The number of hydrogen-bond acceptors (Lipinski definition) is 3. The lowest BCUT2D eigenvalue weighted by Crippen LogP contribution is -2.36. The second kappa shape index (κ2) is 6.55. The maximum atomic E-state index is 12.2. The topological polar surface area (TPSA) is 46.3 Å². The van der Waals surface area contributed by atoms with Crippen molar-refractivity contribution in [2.45, 2.75) is 13.0 Å². The van der Waals surface area contributed by atoms with Crippen LogP contribution in [0.4, 0.5) is 5.69 Å². The Morgan fingerprint density at radius 2 is 2.11 bits per heavy atom. The van der Waals surface area contributed by atoms with Crippen LogP contribution in [-0.2, 0) is 0 Å². The van der Waals surface area contributed by atoms with Crippen LogP contribution < -0.4 is 5.73 Å². The zero-order chi connectivity index (χ0) is 13.9. The highest BCUT2D eigenvalue weighted by Gasteiger charge is 2.19. The van der Waals surface area contributed by atoms with E-state index in [9.17, 15) is 4.79 Å². The number of carbonyl (C=O) groups excluding carboxylic acids is 1. The van der Waals surface area contributed by atoms with Crippen molar-refractivity contribution in [3.8, 4) is 0 Å². The third-order valence-corrected chi connectivity index (χ3v) is 4.33. The minimum atomic E-state index is -0.109. The Labute approximate surface area is 122 Å². The molecular weight excluding hydrogens is 291 g/mol. The second-order valence-electron chi connectivity index (χ2n) is 4.08. The summed E-state index contributed by atoms with van der Waals surface area (Å²) < 4.78 is 0. The molecule has 0 fully saturated rings. The smallest absolute Gasteiger partial charge is 0.253 e. The molecule has 1 atom stereocenters. The van der Waals surface area contributed by atoms with Gasteiger partial charge in [0.15, 0.2) is 0 Å². The number of rotatable bonds is 4. The Morgan fingerprint density at radius 1 is 1.50 bits per heavy atom. The lowest BCUT2D eigenvalue weighted by Gasteiger charge is -2.24. The van der Waals surface area contributed by atoms with Crippen LogP contribution in [0.5, 0.6) is 0 Å². The van der Waals surface area contributed by atoms with E-state index in [0.717, 1.165) is 5.75 Å². The van der Waals surface area contributed by atoms with E-state index in [2.05, 4.69) is 0 Å². The summed E-state index contributed by atoms with van der Waals surface area (Å²) in [6.07, 6.45) is 2.01. The van der Waals surface area contributed by atoms with Crippen LogP contribution in [0.3, 0.4) is 0 Å². The van der Waals surface area contributed by atoms with Crippen molar-refractivity contribution in [2.24, 2.45) is 0 Å². The van der Waals surface area contributed by atoms with Gasteiger partial charge in [0, 0.05) is 24.4 Å². The van der Waals surface area contributed by atoms with Gasteiger partial charge >= 0.3 is 0 Å². The molecule has 0 aliphatic heterocycles. The lowest BCUT2D eigenvalue weighted by atomic mass is 10.1. The van der Waals surface area contributed by atoms with E-state index in [4.69, 9.17) is 28.9 Å². The van der Waals surface area contributed by atoms with Crippen LogP contribution in [0, 0.1) is 0 Å². The molecule has 1 aromatic rings. The fourth-order valence-corrected chi connectivity index (χ4v) is 2.53. The van der Waals surface area contributed by atoms with Gasteiger partial charge in [-0.05, 0) is 25.3 Å². The predicted molar refractivity (Wildman–Crippen MR) is 80.8 cm³/mol. The highest BCUT2D eigenvalue weighted by Crippen LogP contribution is 2.29. The predicted octanol–water partition coefficient (Wildman–Crippen LogP) is 3.40. The van der Waals surface area contributed by atoms with Gasteiger partial charge in [-0.25, -0.2) is 0 Å². The number of nitrogen functional groups attached to an aromatic ring is 1. The van der Waals surface area contributed by atoms with Gasteiger partial charge in [-0.1, -0.05) is 23.2 Å². The van der Waals surface area contributed by atoms with Gasteiger partial charge in [-0.15, -0.1) is 0 Å². The fraction of sp³-hybridized carbons (Fsp3) is 0.417. The zero-order valence-electron chi connectivity index (χ0n) is 10.5. The molecule has 6 heteroatoms. The van der Waals surface area contributed by atoms with Gasteiger partial charge in [0.2, 0.25) is 0 Å². The summed E-state index contributed by atoms with van der Waals surface area (Å²) in [6, 6.07) is 3.24. The molecule has 2 N–H and O–H groups in total. The average molecular weight is 307 g/mol. The van der Waals surface area contributed by atoms with Gasteiger partial charge in [0.25, 0.3) is 5.91 Å². The summed E-state index contributed by atoms with van der Waals surface area (Å²) in [5, 5.41) is 0.582. The standard InChI is InChI=1S/C12H16Cl2N2OS/c1-7(6-18-3)16(2)12(17)8-4-9(13)11(14)10(15)5-8/h4-5,7H,6,15H2,1-3H3. The molecule has 0 heterocycles. The molecule has 0 radical (unpaired) electrons. The Morgan fingerprint density at radius 3 is 2.61 bits per heavy atom. The summed E-state index contributed by atoms with van der Waals surface area (Å²) in [6.45, 7) is 2.00. The van der Waals surface area contributed by atoms with Crippen molar-refractivity contribution in [1.82, 2.24) is 4.90 Å². The number of anilines is 1. The van der Waals surface area contributed by atoms with Crippen molar-refractivity contribution in [3.63, 3.8) is 0 Å². The van der Waals surface area contributed by atoms with Crippen LogP contribution in [0.15, 0.2) is 12.1 Å². The van der Waals surface area contributed by atoms with Gasteiger partial charge in [-0.2, -0.15) is 11.8 Å². The number of benzene rings is 1. The van der Waals surface area contributed by atoms with Crippen molar-refractivity contribution in [3.05, 3.63) is 27.7 Å². The van der Waals surface area contributed by atoms with Gasteiger partial charge in [-0.3, -0.25) is 4.79 Å². The first-order valence-electron chi connectivity index (χ1n) is 5.39. The Kier molecular flexibility index (Phi) is 5.63. The molecule has 0 bridgehead atoms. The summed E-state index contributed by atoms with van der Waals surface area (Å²) in [7, 11) is 1.77. The van der Waals surface area contributed by atoms with Crippen molar-refractivity contribution >= 4 is 46.6 Å². The molecule has 3 nitrogen and oxygen atoms in total. The number of amides is 1. The zero-order valence-corrected chi connectivity index (χ0v) is 12.9. The minimum absolute atomic E-state index is 0.109. The maximum absolute atomic E-state index is 12.2. The molecule has 1 aromatic carbocycles. The van der Waals surface area contributed by atoms with E-state index in [-0.39, 0.29) is 17.0 Å². The SMILES string of the molecule is CSCC(C)N(C)C(=O)c1cc(N)c(Cl)c(Cl)c1. The number of hydrogen-bond donors (Lipinski definition) is 1. The minimum Gasteiger partial charge on any atom is -0.397 e. The first kappa shape index (κ1) is 15.5. The summed E-state index contributed by atoms with van der Waals surface area (Å²) in [5.74, 6) is 0.765. The highest BCUT2D eigenvalue weighted by molar-refractivity contribution is 7.98. The molecule has 0 aliphatic rings. The molecule has 0 aromatic heterocycles. The molecule has 0 saturated carbocycles. The quantitative estimate of drug-likeness (QED) is 0.867. The van der Waals surface area contributed by atoms with Gasteiger partial charge in [0.1, 0.15) is 0 Å². The van der Waals surface area contributed by atoms with Gasteiger partial charge in [0.05, 0.1) is 15.7 Å². The van der Waals surface area contributed by atoms with E-state index in [1.165, 1.54) is 0 Å². The van der Waals surface area contributed by atoms with Crippen molar-refractivity contribution in [2.75, 3.05) is 24.8 Å². The van der Waals surface area contributed by atoms with Crippen molar-refractivity contribution < 1.29 is 4.79 Å². The normalized spacial score (nSPS) is 12.3. The lowest BCUT2D eigenvalue weighted by molar-refractivity contribution is 0.0757. The highest BCUT2D eigenvalue weighted by atomic mass is 35.5. The van der Waals surface area contributed by atoms with Crippen LogP contribution in [0.25, 0.3) is 0 Å². The van der Waals surface area contributed by atoms with E-state index >= 15 is 0 Å². The molecular formula is C12H16Cl2N2OS. The Balaban J connectivity index is 2.97. The van der Waals surface area contributed by atoms with E-state index in [1.54, 1.807) is 35.8 Å². The fourth-order valence-electron chi connectivity index (χ4n) is 1.49. The Hall–Kier alpha value is -0.580. The third-order valence-electron chi connectivity index (χ3n) is 2.69. The summed E-state index contributed by atoms with van der Waals surface area (Å²) >= 11 is 13.5. The number of nitrogens with two attached hydrogens (primary N) is 1. The monoisotopic (exact) mass is 306 g/mol. The van der Waals surface area contributed by atoms with Gasteiger partial charge < -0.3 is 10.6 Å². The maximum Gasteiger partial charge on any atom is 0.253 e. The molecule has 100 valence electrons. The Bertz CT molecular complexity index is 431. The number of carbonyl (C=O) groups is 1. The first-order chi connectivity index (χ1) is 8.38. The molecule has 1 unspecified atom stereocenters. The molecule has 18 heavy (non-hydrogen) atoms. The molecule has 1 amide bonds. The average Bonchev–Trinajstić information content (AvgIpc) is 2.33. The largest absolute Gasteiger partial charge is 0.397 e. The molecule has 1 rings (SSSR count). The number of nitrogens with zero attached hydrogens (tertiary/aromatic N) is 1. The molecule has 0 spiro atoms. The summed E-state index contributed by atoms with van der Waals surface area (Å²) in [4.78, 5) is 13.9. The number of thioether (sulfide) groups is 1. The second-order valence-corrected chi connectivity index (χ2v) is 5.78. The van der Waals surface area contributed by atoms with E-state index in [1.807, 2.05) is 13.2 Å². The third kappa shape index (κ3) is 3.46. The van der Waals surface area contributed by atoms with Crippen LogP contribution in [-0.4, -0.2) is 35.9 Å².